The fourth-order valence-corrected chi connectivity index (χ4v) is 1.39. The highest BCUT2D eigenvalue weighted by Crippen LogP contribution is 2.27. The molecule has 1 nitrogen and oxygen atoms in total. The van der Waals surface area contributed by atoms with Crippen molar-refractivity contribution in [2.75, 3.05) is 0 Å². The van der Waals surface area contributed by atoms with Crippen LogP contribution in [0.15, 0.2) is 6.07 Å². The largest absolute Gasteiger partial charge is 0.266 e. The van der Waals surface area contributed by atoms with Gasteiger partial charge in [0.2, 0.25) is 0 Å². The third kappa shape index (κ3) is 2.34. The topological polar surface area (TPSA) is 12.9 Å². The number of pyridine rings is 1. The molecular formula is C7H4BrClF3N. The molecule has 0 radical (unpaired) electrons. The maximum Gasteiger partial charge on any atom is 0.266 e. The fourth-order valence-electron chi connectivity index (χ4n) is 0.763. The number of hydrogen-bond acceptors (Lipinski definition) is 1. The van der Waals surface area contributed by atoms with Gasteiger partial charge in [0.15, 0.2) is 0 Å². The van der Waals surface area contributed by atoms with Crippen LogP contribution in [0.1, 0.15) is 17.7 Å². The van der Waals surface area contributed by atoms with Crippen molar-refractivity contribution in [3.63, 3.8) is 0 Å². The smallest absolute Gasteiger partial charge is 0.237 e. The van der Waals surface area contributed by atoms with Gasteiger partial charge in [-0.25, -0.2) is 18.2 Å². The second kappa shape index (κ2) is 4.28. The summed E-state index contributed by atoms with van der Waals surface area (Å²) in [6.07, 6.45) is -2.81. The Morgan fingerprint density at radius 3 is 2.62 bits per heavy atom. The average Bonchev–Trinajstić information content (AvgIpc) is 2.07. The van der Waals surface area contributed by atoms with E-state index in [1.165, 1.54) is 0 Å². The fraction of sp³-hybridized carbons (Fsp3) is 0.286. The van der Waals surface area contributed by atoms with Crippen LogP contribution in [0.2, 0.25) is 5.15 Å². The summed E-state index contributed by atoms with van der Waals surface area (Å²) < 4.78 is 37.2. The van der Waals surface area contributed by atoms with Crippen LogP contribution in [0.25, 0.3) is 0 Å². The van der Waals surface area contributed by atoms with Crippen molar-refractivity contribution in [3.05, 3.63) is 28.3 Å². The van der Waals surface area contributed by atoms with Crippen LogP contribution in [0.5, 0.6) is 0 Å². The molecule has 0 aliphatic heterocycles. The number of aromatic nitrogens is 1. The Balaban J connectivity index is 3.20. The summed E-state index contributed by atoms with van der Waals surface area (Å²) in [6, 6.07) is 0.705. The zero-order valence-corrected chi connectivity index (χ0v) is 8.54. The molecule has 0 amide bonds. The Morgan fingerprint density at radius 2 is 2.15 bits per heavy atom. The summed E-state index contributed by atoms with van der Waals surface area (Å²) in [4.78, 5) is 3.48. The molecule has 0 bridgehead atoms. The maximum absolute atomic E-state index is 12.9. The van der Waals surface area contributed by atoms with E-state index >= 15 is 0 Å². The summed E-state index contributed by atoms with van der Waals surface area (Å²) in [5.74, 6) is -0.781. The Bertz CT molecular complexity index is 319. The first-order chi connectivity index (χ1) is 6.06. The zero-order valence-electron chi connectivity index (χ0n) is 6.20. The van der Waals surface area contributed by atoms with E-state index in [4.69, 9.17) is 11.6 Å². The minimum atomic E-state index is -2.81. The third-order valence-corrected chi connectivity index (χ3v) is 2.22. The van der Waals surface area contributed by atoms with Crippen molar-refractivity contribution in [1.29, 1.82) is 0 Å². The normalized spacial score (nSPS) is 10.9. The third-order valence-electron chi connectivity index (χ3n) is 1.39. The molecular weight excluding hydrogens is 270 g/mol. The van der Waals surface area contributed by atoms with E-state index in [2.05, 4.69) is 20.9 Å². The van der Waals surface area contributed by atoms with Gasteiger partial charge in [-0.05, 0) is 6.07 Å². The van der Waals surface area contributed by atoms with Crippen molar-refractivity contribution in [1.82, 2.24) is 4.98 Å². The van der Waals surface area contributed by atoms with E-state index in [9.17, 15) is 13.2 Å². The molecule has 72 valence electrons. The average molecular weight is 274 g/mol. The summed E-state index contributed by atoms with van der Waals surface area (Å²) in [5, 5.41) is -0.215. The van der Waals surface area contributed by atoms with Crippen LogP contribution in [-0.4, -0.2) is 4.98 Å². The summed E-state index contributed by atoms with van der Waals surface area (Å²) in [7, 11) is 0. The van der Waals surface area contributed by atoms with Gasteiger partial charge < -0.3 is 0 Å². The van der Waals surface area contributed by atoms with Crippen LogP contribution >= 0.6 is 27.5 Å². The van der Waals surface area contributed by atoms with Gasteiger partial charge in [0, 0.05) is 5.33 Å². The molecule has 0 saturated heterocycles. The highest BCUT2D eigenvalue weighted by atomic mass is 79.9. The van der Waals surface area contributed by atoms with Crippen LogP contribution in [0.3, 0.4) is 0 Å². The van der Waals surface area contributed by atoms with Crippen LogP contribution in [0, 0.1) is 5.82 Å². The zero-order chi connectivity index (χ0) is 10.0. The standard InChI is InChI=1S/C7H4BrClF3N/c8-2-5-4(10)1-3(7(11)12)6(9)13-5/h1,7H,2H2. The molecule has 0 aliphatic carbocycles. The van der Waals surface area contributed by atoms with Crippen LogP contribution in [0.4, 0.5) is 13.2 Å². The van der Waals surface area contributed by atoms with E-state index in [0.29, 0.717) is 6.07 Å². The lowest BCUT2D eigenvalue weighted by Gasteiger charge is -2.04. The highest BCUT2D eigenvalue weighted by molar-refractivity contribution is 9.08. The van der Waals surface area contributed by atoms with Gasteiger partial charge in [-0.3, -0.25) is 0 Å². The molecule has 13 heavy (non-hydrogen) atoms. The summed E-state index contributed by atoms with van der Waals surface area (Å²) in [5.41, 5.74) is -0.557. The molecule has 1 aromatic rings. The Hall–Kier alpha value is -0.290. The molecule has 0 fully saturated rings. The molecule has 0 spiro atoms. The number of alkyl halides is 3. The monoisotopic (exact) mass is 273 g/mol. The molecule has 0 saturated carbocycles. The lowest BCUT2D eigenvalue weighted by Crippen LogP contribution is -1.97. The van der Waals surface area contributed by atoms with E-state index in [-0.39, 0.29) is 16.2 Å². The molecule has 6 heteroatoms. The van der Waals surface area contributed by atoms with Gasteiger partial charge in [-0.2, -0.15) is 0 Å². The predicted octanol–water partition coefficient (Wildman–Crippen LogP) is 3.71. The molecule has 1 rings (SSSR count). The van der Waals surface area contributed by atoms with Crippen LogP contribution in [-0.2, 0) is 5.33 Å². The molecule has 1 heterocycles. The van der Waals surface area contributed by atoms with E-state index in [1.54, 1.807) is 0 Å². The van der Waals surface area contributed by atoms with Crippen molar-refractivity contribution >= 4 is 27.5 Å². The SMILES string of the molecule is Fc1cc(C(F)F)c(Cl)nc1CBr. The quantitative estimate of drug-likeness (QED) is 0.592. The predicted molar refractivity (Wildman–Crippen MR) is 46.8 cm³/mol. The van der Waals surface area contributed by atoms with Crippen molar-refractivity contribution < 1.29 is 13.2 Å². The number of rotatable bonds is 2. The number of nitrogens with zero attached hydrogens (tertiary/aromatic N) is 1. The van der Waals surface area contributed by atoms with Gasteiger partial charge in [0.1, 0.15) is 11.0 Å². The Morgan fingerprint density at radius 1 is 1.54 bits per heavy atom. The summed E-state index contributed by atoms with van der Waals surface area (Å²) >= 11 is 8.35. The molecule has 0 atom stereocenters. The second-order valence-electron chi connectivity index (χ2n) is 2.23. The van der Waals surface area contributed by atoms with Gasteiger partial charge in [-0.1, -0.05) is 27.5 Å². The number of hydrogen-bond donors (Lipinski definition) is 0. The molecule has 1 aromatic heterocycles. The second-order valence-corrected chi connectivity index (χ2v) is 3.15. The van der Waals surface area contributed by atoms with Crippen molar-refractivity contribution in [2.45, 2.75) is 11.8 Å². The first-order valence-electron chi connectivity index (χ1n) is 3.25. The summed E-state index contributed by atoms with van der Waals surface area (Å²) in [6.45, 7) is 0. The first-order valence-corrected chi connectivity index (χ1v) is 4.75. The lowest BCUT2D eigenvalue weighted by atomic mass is 10.2. The van der Waals surface area contributed by atoms with E-state index in [1.807, 2.05) is 0 Å². The van der Waals surface area contributed by atoms with Crippen molar-refractivity contribution in [2.24, 2.45) is 0 Å². The minimum Gasteiger partial charge on any atom is -0.237 e. The molecule has 0 unspecified atom stereocenters. The van der Waals surface area contributed by atoms with Crippen LogP contribution < -0.4 is 0 Å². The van der Waals surface area contributed by atoms with Gasteiger partial charge >= 0.3 is 0 Å². The Kier molecular flexibility index (Phi) is 3.55. The van der Waals surface area contributed by atoms with Gasteiger partial charge in [0.25, 0.3) is 6.43 Å². The maximum atomic E-state index is 12.9. The van der Waals surface area contributed by atoms with E-state index in [0.717, 1.165) is 0 Å². The van der Waals surface area contributed by atoms with Gasteiger partial charge in [0.05, 0.1) is 11.3 Å². The minimum absolute atomic E-state index is 0.0226. The molecule has 0 N–H and O–H groups in total. The highest BCUT2D eigenvalue weighted by Gasteiger charge is 2.16. The number of halogens is 5. The lowest BCUT2D eigenvalue weighted by molar-refractivity contribution is 0.150. The molecule has 0 aromatic carbocycles. The molecule has 0 aliphatic rings. The van der Waals surface area contributed by atoms with Crippen molar-refractivity contribution in [3.8, 4) is 0 Å². The first kappa shape index (κ1) is 10.8. The van der Waals surface area contributed by atoms with Gasteiger partial charge in [-0.15, -0.1) is 0 Å². The van der Waals surface area contributed by atoms with E-state index < -0.39 is 17.8 Å². The Labute approximate surface area is 86.0 Å².